The highest BCUT2D eigenvalue weighted by Crippen LogP contribution is 2.45. The van der Waals surface area contributed by atoms with Crippen LogP contribution in [-0.4, -0.2) is 19.0 Å². The van der Waals surface area contributed by atoms with E-state index >= 15 is 0 Å². The number of rotatable bonds is 2. The van der Waals surface area contributed by atoms with Crippen molar-refractivity contribution < 1.29 is 14.3 Å². The largest absolute Gasteiger partial charge is 0.493 e. The van der Waals surface area contributed by atoms with Gasteiger partial charge in [0.1, 0.15) is 11.5 Å². The molecule has 90 valence electrons. The quantitative estimate of drug-likeness (QED) is 0.645. The van der Waals surface area contributed by atoms with Gasteiger partial charge in [-0.3, -0.25) is 4.79 Å². The maximum absolute atomic E-state index is 11.8. The second kappa shape index (κ2) is 3.95. The van der Waals surface area contributed by atoms with Gasteiger partial charge >= 0.3 is 0 Å². The van der Waals surface area contributed by atoms with Crippen LogP contribution in [0.1, 0.15) is 34.0 Å². The zero-order valence-electron chi connectivity index (χ0n) is 9.71. The predicted octanol–water partition coefficient (Wildman–Crippen LogP) is 2.19. The van der Waals surface area contributed by atoms with E-state index in [0.29, 0.717) is 19.0 Å². The molecule has 0 saturated heterocycles. The molecule has 0 amide bonds. The molecule has 0 spiro atoms. The summed E-state index contributed by atoms with van der Waals surface area (Å²) in [6, 6.07) is 0. The van der Waals surface area contributed by atoms with Crippen molar-refractivity contribution in [2.45, 2.75) is 25.5 Å². The molecule has 3 rings (SSSR count). The number of thiol groups is 1. The van der Waals surface area contributed by atoms with Crippen molar-refractivity contribution in [3.8, 4) is 11.5 Å². The van der Waals surface area contributed by atoms with Gasteiger partial charge in [-0.1, -0.05) is 0 Å². The Bertz CT molecular complexity index is 473. The van der Waals surface area contributed by atoms with Crippen LogP contribution in [0.25, 0.3) is 0 Å². The third-order valence-electron chi connectivity index (χ3n) is 3.42. The third-order valence-corrected chi connectivity index (χ3v) is 3.74. The molecule has 0 atom stereocenters. The van der Waals surface area contributed by atoms with Crippen molar-refractivity contribution in [2.75, 3.05) is 13.2 Å². The summed E-state index contributed by atoms with van der Waals surface area (Å²) in [5.74, 6) is 2.36. The number of hydrogen-bond donors (Lipinski definition) is 1. The van der Waals surface area contributed by atoms with E-state index in [1.54, 1.807) is 6.92 Å². The average molecular weight is 250 g/mol. The number of ether oxygens (including phenoxy) is 2. The fraction of sp³-hybridized carbons (Fsp3) is 0.462. The standard InChI is InChI=1S/C13H14O3S/c1-7(14)11-9-3-5-15-12(9)10(6-17)8-2-4-16-13(8)11/h17H,2-6H2,1H3. The van der Waals surface area contributed by atoms with Crippen molar-refractivity contribution in [1.82, 2.24) is 0 Å². The summed E-state index contributed by atoms with van der Waals surface area (Å²) in [5, 5.41) is 0. The SMILES string of the molecule is CC(=O)c1c2c(c(CS)c3c1OCC3)OCC2. The molecule has 0 radical (unpaired) electrons. The molecule has 2 aliphatic rings. The smallest absolute Gasteiger partial charge is 0.163 e. The molecule has 2 heterocycles. The van der Waals surface area contributed by atoms with E-state index < -0.39 is 0 Å². The molecule has 0 unspecified atom stereocenters. The molecule has 3 nitrogen and oxygen atoms in total. The van der Waals surface area contributed by atoms with E-state index in [4.69, 9.17) is 9.47 Å². The third kappa shape index (κ3) is 1.47. The highest BCUT2D eigenvalue weighted by Gasteiger charge is 2.32. The minimum Gasteiger partial charge on any atom is -0.493 e. The highest BCUT2D eigenvalue weighted by atomic mass is 32.1. The molecule has 0 aliphatic carbocycles. The van der Waals surface area contributed by atoms with Crippen LogP contribution in [0.15, 0.2) is 0 Å². The molecule has 0 fully saturated rings. The second-order valence-corrected chi connectivity index (χ2v) is 4.70. The zero-order chi connectivity index (χ0) is 12.0. The van der Waals surface area contributed by atoms with Crippen molar-refractivity contribution in [3.63, 3.8) is 0 Å². The number of Topliss-reactive ketones (excluding diaryl/α,β-unsaturated/α-hetero) is 1. The summed E-state index contributed by atoms with van der Waals surface area (Å²) >= 11 is 4.37. The van der Waals surface area contributed by atoms with E-state index in [9.17, 15) is 4.79 Å². The van der Waals surface area contributed by atoms with Gasteiger partial charge in [-0.15, -0.1) is 0 Å². The lowest BCUT2D eigenvalue weighted by Gasteiger charge is -2.14. The molecule has 0 bridgehead atoms. The first-order valence-corrected chi connectivity index (χ1v) is 6.45. The first-order chi connectivity index (χ1) is 8.24. The van der Waals surface area contributed by atoms with Gasteiger partial charge in [0.15, 0.2) is 5.78 Å². The van der Waals surface area contributed by atoms with Crippen LogP contribution < -0.4 is 9.47 Å². The zero-order valence-corrected chi connectivity index (χ0v) is 10.6. The van der Waals surface area contributed by atoms with Crippen molar-refractivity contribution in [1.29, 1.82) is 0 Å². The van der Waals surface area contributed by atoms with Crippen LogP contribution in [0.3, 0.4) is 0 Å². The number of carbonyl (C=O) groups excluding carboxylic acids is 1. The minimum atomic E-state index is 0.0654. The highest BCUT2D eigenvalue weighted by molar-refractivity contribution is 7.79. The summed E-state index contributed by atoms with van der Waals surface area (Å²) in [7, 11) is 0. The topological polar surface area (TPSA) is 35.5 Å². The summed E-state index contributed by atoms with van der Waals surface area (Å²) in [4.78, 5) is 11.8. The summed E-state index contributed by atoms with van der Waals surface area (Å²) in [6.07, 6.45) is 1.64. The number of fused-ring (bicyclic) bond motifs is 2. The van der Waals surface area contributed by atoms with Crippen LogP contribution in [0.2, 0.25) is 0 Å². The summed E-state index contributed by atoms with van der Waals surface area (Å²) in [6.45, 7) is 2.90. The summed E-state index contributed by atoms with van der Waals surface area (Å²) in [5.41, 5.74) is 3.97. The molecule has 1 aromatic carbocycles. The van der Waals surface area contributed by atoms with E-state index in [-0.39, 0.29) is 5.78 Å². The molecule has 0 saturated carbocycles. The van der Waals surface area contributed by atoms with Crippen LogP contribution in [0.5, 0.6) is 11.5 Å². The van der Waals surface area contributed by atoms with Gasteiger partial charge in [-0.25, -0.2) is 0 Å². The first kappa shape index (κ1) is 11.0. The minimum absolute atomic E-state index is 0.0654. The van der Waals surface area contributed by atoms with Crippen LogP contribution >= 0.6 is 12.6 Å². The Morgan fingerprint density at radius 2 is 1.82 bits per heavy atom. The molecule has 4 heteroatoms. The Morgan fingerprint density at radius 1 is 1.18 bits per heavy atom. The van der Waals surface area contributed by atoms with E-state index in [1.165, 1.54) is 0 Å². The van der Waals surface area contributed by atoms with E-state index in [2.05, 4.69) is 12.6 Å². The van der Waals surface area contributed by atoms with Gasteiger partial charge < -0.3 is 9.47 Å². The molecule has 1 aromatic rings. The molecule has 2 aliphatic heterocycles. The van der Waals surface area contributed by atoms with Gasteiger partial charge in [-0.05, 0) is 6.92 Å². The molecule has 0 aromatic heterocycles. The number of benzene rings is 1. The van der Waals surface area contributed by atoms with Crippen molar-refractivity contribution in [3.05, 3.63) is 22.3 Å². The number of ketones is 1. The fourth-order valence-corrected chi connectivity index (χ4v) is 3.08. The predicted molar refractivity (Wildman–Crippen MR) is 67.5 cm³/mol. The average Bonchev–Trinajstić information content (AvgIpc) is 2.92. The van der Waals surface area contributed by atoms with Gasteiger partial charge in [0.25, 0.3) is 0 Å². The van der Waals surface area contributed by atoms with E-state index in [0.717, 1.165) is 46.6 Å². The first-order valence-electron chi connectivity index (χ1n) is 5.82. The van der Waals surface area contributed by atoms with Gasteiger partial charge in [-0.2, -0.15) is 12.6 Å². The van der Waals surface area contributed by atoms with Gasteiger partial charge in [0, 0.05) is 35.3 Å². The lowest BCUT2D eigenvalue weighted by Crippen LogP contribution is -2.03. The maximum atomic E-state index is 11.8. The Morgan fingerprint density at radius 3 is 2.47 bits per heavy atom. The van der Waals surface area contributed by atoms with Crippen molar-refractivity contribution >= 4 is 18.4 Å². The van der Waals surface area contributed by atoms with Crippen LogP contribution in [0.4, 0.5) is 0 Å². The van der Waals surface area contributed by atoms with Crippen LogP contribution in [-0.2, 0) is 18.6 Å². The van der Waals surface area contributed by atoms with Crippen LogP contribution in [0, 0.1) is 0 Å². The molecule has 0 N–H and O–H groups in total. The number of carbonyl (C=O) groups is 1. The lowest BCUT2D eigenvalue weighted by atomic mass is 9.93. The van der Waals surface area contributed by atoms with Gasteiger partial charge in [0.05, 0.1) is 18.8 Å². The normalized spacial score (nSPS) is 16.1. The second-order valence-electron chi connectivity index (χ2n) is 4.38. The molecule has 17 heavy (non-hydrogen) atoms. The number of hydrogen-bond acceptors (Lipinski definition) is 4. The van der Waals surface area contributed by atoms with E-state index in [1.807, 2.05) is 0 Å². The van der Waals surface area contributed by atoms with Gasteiger partial charge in [0.2, 0.25) is 0 Å². The van der Waals surface area contributed by atoms with Crippen molar-refractivity contribution in [2.24, 2.45) is 0 Å². The Balaban J connectivity index is 2.34. The summed E-state index contributed by atoms with van der Waals surface area (Å²) < 4.78 is 11.3. The monoisotopic (exact) mass is 250 g/mol. The molecular weight excluding hydrogens is 236 g/mol. The Hall–Kier alpha value is -1.16. The fourth-order valence-electron chi connectivity index (χ4n) is 2.74. The Labute approximate surface area is 106 Å². The maximum Gasteiger partial charge on any atom is 0.163 e. The molecular formula is C13H14O3S. The Kier molecular flexibility index (Phi) is 2.54. The lowest BCUT2D eigenvalue weighted by molar-refractivity contribution is 0.101.